The van der Waals surface area contributed by atoms with Gasteiger partial charge in [-0.3, -0.25) is 4.79 Å². The average molecular weight is 313 g/mol. The largest absolute Gasteiger partial charge is 0.480 e. The van der Waals surface area contributed by atoms with E-state index in [4.69, 9.17) is 10.2 Å². The van der Waals surface area contributed by atoms with Gasteiger partial charge in [0.05, 0.1) is 6.10 Å². The van der Waals surface area contributed by atoms with Crippen LogP contribution in [0.25, 0.3) is 0 Å². The third-order valence-electron chi connectivity index (χ3n) is 2.47. The van der Waals surface area contributed by atoms with Crippen molar-refractivity contribution in [1.29, 1.82) is 0 Å². The number of halogens is 5. The Balaban J connectivity index is 3.29. The molecule has 116 valence electrons. The fourth-order valence-corrected chi connectivity index (χ4v) is 1.41. The standard InChI is InChI=1S/C11H8F5NO4/c1-2(18)9(11(20)21)17-10(19)3-4(12)6(14)8(16)7(15)5(3)13/h2,9,18H,1H3,(H,17,19)(H,20,21)/t2-,9+/m1/s1. The SMILES string of the molecule is C[C@@H](O)[C@H](NC(=O)c1c(F)c(F)c(F)c(F)c1F)C(=O)O. The number of amides is 1. The zero-order valence-electron chi connectivity index (χ0n) is 10.3. The predicted octanol–water partition coefficient (Wildman–Crippen LogP) is 0.946. The Kier molecular flexibility index (Phi) is 4.84. The van der Waals surface area contributed by atoms with Crippen LogP contribution < -0.4 is 5.32 Å². The van der Waals surface area contributed by atoms with Crippen molar-refractivity contribution in [3.8, 4) is 0 Å². The monoisotopic (exact) mass is 313 g/mol. The molecule has 2 atom stereocenters. The van der Waals surface area contributed by atoms with E-state index in [1.165, 1.54) is 5.32 Å². The first-order valence-electron chi connectivity index (χ1n) is 5.32. The van der Waals surface area contributed by atoms with Gasteiger partial charge >= 0.3 is 5.97 Å². The molecular formula is C11H8F5NO4. The normalized spacial score (nSPS) is 13.7. The summed E-state index contributed by atoms with van der Waals surface area (Å²) in [5, 5.41) is 19.2. The van der Waals surface area contributed by atoms with Gasteiger partial charge in [0.2, 0.25) is 5.82 Å². The molecule has 21 heavy (non-hydrogen) atoms. The number of aliphatic hydroxyl groups excluding tert-OH is 1. The molecule has 1 aromatic carbocycles. The van der Waals surface area contributed by atoms with Crippen molar-refractivity contribution in [2.24, 2.45) is 0 Å². The summed E-state index contributed by atoms with van der Waals surface area (Å²) < 4.78 is 65.2. The lowest BCUT2D eigenvalue weighted by molar-refractivity contribution is -0.141. The lowest BCUT2D eigenvalue weighted by atomic mass is 10.1. The first-order valence-corrected chi connectivity index (χ1v) is 5.32. The Hall–Kier alpha value is -2.23. The van der Waals surface area contributed by atoms with Crippen molar-refractivity contribution in [3.05, 3.63) is 34.6 Å². The van der Waals surface area contributed by atoms with Gasteiger partial charge in [-0.1, -0.05) is 0 Å². The summed E-state index contributed by atoms with van der Waals surface area (Å²) in [4.78, 5) is 22.2. The molecule has 0 bridgehead atoms. The van der Waals surface area contributed by atoms with Gasteiger partial charge in [0.1, 0.15) is 5.56 Å². The maximum atomic E-state index is 13.3. The summed E-state index contributed by atoms with van der Waals surface area (Å²) in [7, 11) is 0. The molecule has 0 spiro atoms. The van der Waals surface area contributed by atoms with Crippen LogP contribution in [0.15, 0.2) is 0 Å². The second-order valence-electron chi connectivity index (χ2n) is 3.97. The van der Waals surface area contributed by atoms with E-state index < -0.39 is 58.7 Å². The van der Waals surface area contributed by atoms with Gasteiger partial charge in [-0.2, -0.15) is 0 Å². The van der Waals surface area contributed by atoms with Crippen LogP contribution >= 0.6 is 0 Å². The molecule has 0 aliphatic carbocycles. The number of carbonyl (C=O) groups is 2. The highest BCUT2D eigenvalue weighted by atomic mass is 19.2. The van der Waals surface area contributed by atoms with Crippen molar-refractivity contribution < 1.29 is 41.8 Å². The number of rotatable bonds is 4. The molecule has 0 saturated heterocycles. The van der Waals surface area contributed by atoms with Crippen LogP contribution in [0.2, 0.25) is 0 Å². The third-order valence-corrected chi connectivity index (χ3v) is 2.47. The number of carboxylic acids is 1. The molecule has 0 fully saturated rings. The quantitative estimate of drug-likeness (QED) is 0.439. The Morgan fingerprint density at radius 3 is 1.67 bits per heavy atom. The van der Waals surface area contributed by atoms with Gasteiger partial charge in [-0.05, 0) is 6.92 Å². The van der Waals surface area contributed by atoms with Crippen molar-refractivity contribution >= 4 is 11.9 Å². The summed E-state index contributed by atoms with van der Waals surface area (Å²) in [5.41, 5.74) is -1.83. The second kappa shape index (κ2) is 6.04. The summed E-state index contributed by atoms with van der Waals surface area (Å²) in [6.45, 7) is 0.942. The van der Waals surface area contributed by atoms with Gasteiger partial charge in [-0.15, -0.1) is 0 Å². The molecule has 0 unspecified atom stereocenters. The Morgan fingerprint density at radius 1 is 0.952 bits per heavy atom. The maximum Gasteiger partial charge on any atom is 0.328 e. The van der Waals surface area contributed by atoms with Crippen LogP contribution in [0.1, 0.15) is 17.3 Å². The van der Waals surface area contributed by atoms with Crippen LogP contribution in [-0.2, 0) is 4.79 Å². The van der Waals surface area contributed by atoms with E-state index in [1.54, 1.807) is 0 Å². The molecular weight excluding hydrogens is 305 g/mol. The highest BCUT2D eigenvalue weighted by Crippen LogP contribution is 2.23. The number of hydrogen-bond donors (Lipinski definition) is 3. The lowest BCUT2D eigenvalue weighted by Crippen LogP contribution is -2.48. The molecule has 1 rings (SSSR count). The Morgan fingerprint density at radius 2 is 1.33 bits per heavy atom. The van der Waals surface area contributed by atoms with Crippen LogP contribution in [-0.4, -0.2) is 34.2 Å². The van der Waals surface area contributed by atoms with Gasteiger partial charge in [0.15, 0.2) is 29.3 Å². The molecule has 0 aromatic heterocycles. The Labute approximate surface area is 114 Å². The summed E-state index contributed by atoms with van der Waals surface area (Å²) in [5.74, 6) is -15.6. The number of carboxylic acid groups (broad SMARTS) is 1. The summed E-state index contributed by atoms with van der Waals surface area (Å²) >= 11 is 0. The van der Waals surface area contributed by atoms with E-state index in [9.17, 15) is 31.5 Å². The van der Waals surface area contributed by atoms with Crippen molar-refractivity contribution in [1.82, 2.24) is 5.32 Å². The van der Waals surface area contributed by atoms with Crippen LogP contribution in [0.4, 0.5) is 22.0 Å². The molecule has 3 N–H and O–H groups in total. The van der Waals surface area contributed by atoms with E-state index in [-0.39, 0.29) is 0 Å². The lowest BCUT2D eigenvalue weighted by Gasteiger charge is -2.17. The minimum absolute atomic E-state index is 0.942. The number of benzene rings is 1. The summed E-state index contributed by atoms with van der Waals surface area (Å²) in [6.07, 6.45) is -1.67. The zero-order valence-corrected chi connectivity index (χ0v) is 10.3. The van der Waals surface area contributed by atoms with Gasteiger partial charge in [-0.25, -0.2) is 26.7 Å². The van der Waals surface area contributed by atoms with E-state index in [1.807, 2.05) is 0 Å². The smallest absolute Gasteiger partial charge is 0.328 e. The van der Waals surface area contributed by atoms with Crippen molar-refractivity contribution in [2.75, 3.05) is 0 Å². The topological polar surface area (TPSA) is 86.6 Å². The van der Waals surface area contributed by atoms with Crippen LogP contribution in [0.3, 0.4) is 0 Å². The third kappa shape index (κ3) is 3.10. The second-order valence-corrected chi connectivity index (χ2v) is 3.97. The van der Waals surface area contributed by atoms with Crippen LogP contribution in [0.5, 0.6) is 0 Å². The van der Waals surface area contributed by atoms with E-state index in [0.29, 0.717) is 0 Å². The predicted molar refractivity (Wildman–Crippen MR) is 56.8 cm³/mol. The minimum atomic E-state index is -2.45. The average Bonchev–Trinajstić information content (AvgIpc) is 2.39. The zero-order chi connectivity index (χ0) is 16.5. The number of aliphatic carboxylic acids is 1. The fraction of sp³-hybridized carbons (Fsp3) is 0.273. The summed E-state index contributed by atoms with van der Waals surface area (Å²) in [6, 6.07) is -1.99. The minimum Gasteiger partial charge on any atom is -0.480 e. The van der Waals surface area contributed by atoms with Gasteiger partial charge in [0, 0.05) is 0 Å². The first-order chi connectivity index (χ1) is 9.59. The number of carbonyl (C=O) groups excluding carboxylic acids is 1. The highest BCUT2D eigenvalue weighted by Gasteiger charge is 2.33. The van der Waals surface area contributed by atoms with Crippen LogP contribution in [0, 0.1) is 29.1 Å². The number of hydrogen-bond acceptors (Lipinski definition) is 3. The van der Waals surface area contributed by atoms with Crippen molar-refractivity contribution in [2.45, 2.75) is 19.1 Å². The molecule has 0 aliphatic rings. The maximum absolute atomic E-state index is 13.3. The highest BCUT2D eigenvalue weighted by molar-refractivity contribution is 5.97. The van der Waals surface area contributed by atoms with Gasteiger partial charge < -0.3 is 15.5 Å². The molecule has 1 aromatic rings. The fourth-order valence-electron chi connectivity index (χ4n) is 1.41. The first kappa shape index (κ1) is 16.8. The molecule has 0 heterocycles. The van der Waals surface area contributed by atoms with Gasteiger partial charge in [0.25, 0.3) is 5.91 Å². The van der Waals surface area contributed by atoms with E-state index >= 15 is 0 Å². The van der Waals surface area contributed by atoms with Crippen molar-refractivity contribution in [3.63, 3.8) is 0 Å². The molecule has 0 radical (unpaired) electrons. The van der Waals surface area contributed by atoms with E-state index in [2.05, 4.69) is 0 Å². The Bertz CT molecular complexity index is 576. The van der Waals surface area contributed by atoms with E-state index in [0.717, 1.165) is 6.92 Å². The molecule has 1 amide bonds. The number of aliphatic hydroxyl groups is 1. The number of nitrogens with one attached hydrogen (secondary N) is 1. The molecule has 5 nitrogen and oxygen atoms in total. The molecule has 0 aliphatic heterocycles. The molecule has 0 saturated carbocycles. The molecule has 10 heteroatoms.